The lowest BCUT2D eigenvalue weighted by atomic mass is 10.0. The highest BCUT2D eigenvalue weighted by Crippen LogP contribution is 2.16. The fourth-order valence-electron chi connectivity index (χ4n) is 2.46. The fraction of sp³-hybridized carbons (Fsp3) is 0.500. The number of piperidine rings is 1. The van der Waals surface area contributed by atoms with Crippen LogP contribution in [0.4, 0.5) is 0 Å². The molecule has 112 valence electrons. The first-order valence-corrected chi connectivity index (χ1v) is 7.13. The van der Waals surface area contributed by atoms with E-state index in [0.717, 1.165) is 25.9 Å². The monoisotopic (exact) mass is 287 g/mol. The zero-order valence-electron chi connectivity index (χ0n) is 12.5. The van der Waals surface area contributed by atoms with Gasteiger partial charge in [-0.2, -0.15) is 0 Å². The van der Waals surface area contributed by atoms with Crippen LogP contribution in [0.15, 0.2) is 18.3 Å². The number of hydrogen-bond donors (Lipinski definition) is 1. The molecular formula is C16H21N3O2. The first-order valence-electron chi connectivity index (χ1n) is 7.13. The highest BCUT2D eigenvalue weighted by molar-refractivity contribution is 5.92. The van der Waals surface area contributed by atoms with Gasteiger partial charge in [-0.05, 0) is 45.1 Å². The third-order valence-electron chi connectivity index (χ3n) is 3.85. The quantitative estimate of drug-likeness (QED) is 0.809. The Kier molecular flexibility index (Phi) is 5.32. The summed E-state index contributed by atoms with van der Waals surface area (Å²) in [6, 6.07) is 3.73. The molecule has 1 N–H and O–H groups in total. The van der Waals surface area contributed by atoms with E-state index in [4.69, 9.17) is 5.11 Å². The number of aliphatic hydroxyl groups excluding tert-OH is 1. The summed E-state index contributed by atoms with van der Waals surface area (Å²) in [5.41, 5.74) is 1.13. The highest BCUT2D eigenvalue weighted by Gasteiger charge is 2.25. The van der Waals surface area contributed by atoms with E-state index < -0.39 is 0 Å². The zero-order valence-corrected chi connectivity index (χ0v) is 12.5. The summed E-state index contributed by atoms with van der Waals surface area (Å²) in [5.74, 6) is 5.27. The van der Waals surface area contributed by atoms with Gasteiger partial charge in [0.1, 0.15) is 12.3 Å². The van der Waals surface area contributed by atoms with Crippen LogP contribution in [0.2, 0.25) is 0 Å². The van der Waals surface area contributed by atoms with Gasteiger partial charge in [0.2, 0.25) is 0 Å². The molecule has 1 aromatic heterocycles. The van der Waals surface area contributed by atoms with E-state index in [-0.39, 0.29) is 18.6 Å². The van der Waals surface area contributed by atoms with Crippen LogP contribution in [0.25, 0.3) is 0 Å². The average Bonchev–Trinajstić information content (AvgIpc) is 2.53. The molecule has 1 amide bonds. The predicted octanol–water partition coefficient (Wildman–Crippen LogP) is 0.592. The molecule has 1 aliphatic heterocycles. The molecule has 0 spiro atoms. The Balaban J connectivity index is 2.02. The summed E-state index contributed by atoms with van der Waals surface area (Å²) in [4.78, 5) is 20.7. The van der Waals surface area contributed by atoms with E-state index in [0.29, 0.717) is 11.3 Å². The maximum atomic E-state index is 12.4. The normalized spacial score (nSPS) is 16.1. The Morgan fingerprint density at radius 1 is 1.48 bits per heavy atom. The third kappa shape index (κ3) is 4.03. The van der Waals surface area contributed by atoms with Crippen LogP contribution in [0.1, 0.15) is 28.9 Å². The maximum Gasteiger partial charge on any atom is 0.272 e. The van der Waals surface area contributed by atoms with Crippen molar-refractivity contribution in [1.29, 1.82) is 0 Å². The zero-order chi connectivity index (χ0) is 15.2. The number of hydrogen-bond acceptors (Lipinski definition) is 4. The number of pyridine rings is 1. The van der Waals surface area contributed by atoms with Gasteiger partial charge in [0.05, 0.1) is 0 Å². The number of aliphatic hydroxyl groups is 1. The summed E-state index contributed by atoms with van der Waals surface area (Å²) in [7, 11) is 3.95. The molecule has 2 rings (SSSR count). The molecule has 0 bridgehead atoms. The van der Waals surface area contributed by atoms with Crippen molar-refractivity contribution in [2.75, 3.05) is 33.8 Å². The van der Waals surface area contributed by atoms with E-state index in [1.165, 1.54) is 0 Å². The van der Waals surface area contributed by atoms with Crippen molar-refractivity contribution in [1.82, 2.24) is 14.8 Å². The molecule has 5 nitrogen and oxygen atoms in total. The smallest absolute Gasteiger partial charge is 0.272 e. The summed E-state index contributed by atoms with van der Waals surface area (Å²) in [6.07, 6.45) is 3.57. The molecular weight excluding hydrogens is 266 g/mol. The van der Waals surface area contributed by atoms with Gasteiger partial charge in [-0.15, -0.1) is 0 Å². The topological polar surface area (TPSA) is 56.7 Å². The van der Waals surface area contributed by atoms with Crippen molar-refractivity contribution in [3.8, 4) is 11.8 Å². The van der Waals surface area contributed by atoms with Crippen molar-refractivity contribution in [2.45, 2.75) is 18.9 Å². The fourth-order valence-corrected chi connectivity index (χ4v) is 2.46. The minimum atomic E-state index is -0.181. The van der Waals surface area contributed by atoms with Gasteiger partial charge in [-0.3, -0.25) is 4.79 Å². The lowest BCUT2D eigenvalue weighted by molar-refractivity contribution is 0.0654. The number of aromatic nitrogens is 1. The predicted molar refractivity (Wildman–Crippen MR) is 80.8 cm³/mol. The summed E-state index contributed by atoms with van der Waals surface area (Å²) in [6.45, 7) is 1.86. The first kappa shape index (κ1) is 15.5. The Morgan fingerprint density at radius 2 is 2.19 bits per heavy atom. The molecule has 0 radical (unpaired) electrons. The highest BCUT2D eigenvalue weighted by atomic mass is 16.2. The Labute approximate surface area is 125 Å². The van der Waals surface area contributed by atoms with Crippen LogP contribution < -0.4 is 0 Å². The van der Waals surface area contributed by atoms with Crippen LogP contribution in [-0.4, -0.2) is 65.6 Å². The molecule has 0 atom stereocenters. The standard InChI is InChI=1S/C16H21N3O2/c1-18-9-7-14(8-10-18)19(2)16(21)15-6-5-13(12-17-15)4-3-11-20/h5-6,12,14,20H,7-11H2,1-2H3. The second-order valence-electron chi connectivity index (χ2n) is 5.34. The van der Waals surface area contributed by atoms with Gasteiger partial charge in [-0.1, -0.05) is 11.8 Å². The largest absolute Gasteiger partial charge is 0.384 e. The van der Waals surface area contributed by atoms with Crippen molar-refractivity contribution in [2.24, 2.45) is 0 Å². The minimum Gasteiger partial charge on any atom is -0.384 e. The second-order valence-corrected chi connectivity index (χ2v) is 5.34. The van der Waals surface area contributed by atoms with Crippen molar-refractivity contribution in [3.63, 3.8) is 0 Å². The Hall–Kier alpha value is -1.90. The van der Waals surface area contributed by atoms with Gasteiger partial charge in [-0.25, -0.2) is 4.98 Å². The van der Waals surface area contributed by atoms with Gasteiger partial charge in [0, 0.05) is 24.8 Å². The lowest BCUT2D eigenvalue weighted by Crippen LogP contribution is -2.44. The van der Waals surface area contributed by atoms with E-state index in [1.807, 2.05) is 7.05 Å². The van der Waals surface area contributed by atoms with Crippen LogP contribution in [-0.2, 0) is 0 Å². The van der Waals surface area contributed by atoms with Gasteiger partial charge >= 0.3 is 0 Å². The van der Waals surface area contributed by atoms with Crippen LogP contribution in [0, 0.1) is 11.8 Å². The van der Waals surface area contributed by atoms with Crippen molar-refractivity contribution in [3.05, 3.63) is 29.6 Å². The second kappa shape index (κ2) is 7.21. The first-order chi connectivity index (χ1) is 10.1. The number of amides is 1. The Morgan fingerprint density at radius 3 is 2.76 bits per heavy atom. The molecule has 21 heavy (non-hydrogen) atoms. The third-order valence-corrected chi connectivity index (χ3v) is 3.85. The van der Waals surface area contributed by atoms with E-state index in [1.54, 1.807) is 23.2 Å². The van der Waals surface area contributed by atoms with Gasteiger partial charge < -0.3 is 14.9 Å². The number of nitrogens with zero attached hydrogens (tertiary/aromatic N) is 3. The average molecular weight is 287 g/mol. The molecule has 1 fully saturated rings. The molecule has 1 aromatic rings. The van der Waals surface area contributed by atoms with Crippen molar-refractivity contribution < 1.29 is 9.90 Å². The minimum absolute atomic E-state index is 0.0498. The van der Waals surface area contributed by atoms with Gasteiger partial charge in [0.25, 0.3) is 5.91 Å². The van der Waals surface area contributed by atoms with Crippen LogP contribution in [0.3, 0.4) is 0 Å². The molecule has 0 saturated carbocycles. The number of carbonyl (C=O) groups excluding carboxylic acids is 1. The maximum absolute atomic E-state index is 12.4. The number of rotatable bonds is 2. The number of carbonyl (C=O) groups is 1. The summed E-state index contributed by atoms with van der Waals surface area (Å²) < 4.78 is 0. The van der Waals surface area contributed by atoms with Crippen LogP contribution in [0.5, 0.6) is 0 Å². The van der Waals surface area contributed by atoms with E-state index in [2.05, 4.69) is 28.8 Å². The molecule has 1 aliphatic rings. The molecule has 2 heterocycles. The molecule has 5 heteroatoms. The van der Waals surface area contributed by atoms with Gasteiger partial charge in [0.15, 0.2) is 0 Å². The lowest BCUT2D eigenvalue weighted by Gasteiger charge is -2.34. The van der Waals surface area contributed by atoms with Crippen molar-refractivity contribution >= 4 is 5.91 Å². The van der Waals surface area contributed by atoms with E-state index in [9.17, 15) is 4.79 Å². The van der Waals surface area contributed by atoms with E-state index >= 15 is 0 Å². The summed E-state index contributed by atoms with van der Waals surface area (Å²) >= 11 is 0. The van der Waals surface area contributed by atoms with Crippen LogP contribution >= 0.6 is 0 Å². The SMILES string of the molecule is CN1CCC(N(C)C(=O)c2ccc(C#CCO)cn2)CC1. The molecule has 0 aromatic carbocycles. The number of likely N-dealkylation sites (tertiary alicyclic amines) is 1. The summed E-state index contributed by atoms with van der Waals surface area (Å²) in [5, 5.41) is 8.65. The molecule has 0 unspecified atom stereocenters. The Bertz CT molecular complexity index is 537. The molecule has 0 aliphatic carbocycles. The molecule has 1 saturated heterocycles.